The van der Waals surface area contributed by atoms with Crippen LogP contribution in [0.15, 0.2) is 18.2 Å². The second-order valence-electron chi connectivity index (χ2n) is 4.77. The van der Waals surface area contributed by atoms with Crippen LogP contribution in [-0.2, 0) is 6.42 Å². The standard InChI is InChI=1S/C14H22N2/c1-3-11(4-2)10-16-8-7-12-9-13(15)5-6-14(12)16/h5-6,9,11H,3-4,7-8,10,15H2,1-2H3. The number of nitrogen functional groups attached to an aromatic ring is 1. The SMILES string of the molecule is CCC(CC)CN1CCc2cc(N)ccc21. The molecule has 2 N–H and O–H groups in total. The van der Waals surface area contributed by atoms with Gasteiger partial charge in [0.1, 0.15) is 0 Å². The molecule has 0 aliphatic carbocycles. The zero-order valence-electron chi connectivity index (χ0n) is 10.4. The lowest BCUT2D eigenvalue weighted by Crippen LogP contribution is -2.27. The van der Waals surface area contributed by atoms with Crippen molar-refractivity contribution >= 4 is 11.4 Å². The lowest BCUT2D eigenvalue weighted by atomic mass is 10.0. The molecule has 1 aromatic rings. The third kappa shape index (κ3) is 2.16. The zero-order chi connectivity index (χ0) is 11.5. The van der Waals surface area contributed by atoms with Gasteiger partial charge in [0.2, 0.25) is 0 Å². The number of hydrogen-bond donors (Lipinski definition) is 1. The summed E-state index contributed by atoms with van der Waals surface area (Å²) in [5, 5.41) is 0. The Morgan fingerprint density at radius 1 is 1.31 bits per heavy atom. The Labute approximate surface area is 98.4 Å². The van der Waals surface area contributed by atoms with E-state index in [1.165, 1.54) is 30.6 Å². The smallest absolute Gasteiger partial charge is 0.0401 e. The van der Waals surface area contributed by atoms with Crippen LogP contribution in [0.2, 0.25) is 0 Å². The Morgan fingerprint density at radius 3 is 2.75 bits per heavy atom. The molecule has 88 valence electrons. The maximum absolute atomic E-state index is 5.81. The molecule has 2 heteroatoms. The van der Waals surface area contributed by atoms with Crippen molar-refractivity contribution in [3.63, 3.8) is 0 Å². The third-order valence-electron chi connectivity index (χ3n) is 3.73. The van der Waals surface area contributed by atoms with Gasteiger partial charge in [-0.1, -0.05) is 26.7 Å². The van der Waals surface area contributed by atoms with Crippen LogP contribution >= 0.6 is 0 Å². The highest BCUT2D eigenvalue weighted by Gasteiger charge is 2.20. The van der Waals surface area contributed by atoms with E-state index in [1.54, 1.807) is 0 Å². The number of nitrogens with zero attached hydrogens (tertiary/aromatic N) is 1. The van der Waals surface area contributed by atoms with E-state index in [4.69, 9.17) is 5.73 Å². The lowest BCUT2D eigenvalue weighted by Gasteiger charge is -2.24. The molecule has 0 saturated carbocycles. The predicted octanol–water partition coefficient (Wildman–Crippen LogP) is 3.07. The van der Waals surface area contributed by atoms with Gasteiger partial charge in [0.05, 0.1) is 0 Å². The number of hydrogen-bond acceptors (Lipinski definition) is 2. The summed E-state index contributed by atoms with van der Waals surface area (Å²) in [5.74, 6) is 0.823. The summed E-state index contributed by atoms with van der Waals surface area (Å²) >= 11 is 0. The maximum atomic E-state index is 5.81. The molecule has 1 aromatic carbocycles. The van der Waals surface area contributed by atoms with Crippen molar-refractivity contribution in [3.05, 3.63) is 23.8 Å². The van der Waals surface area contributed by atoms with Crippen molar-refractivity contribution in [2.75, 3.05) is 23.7 Å². The van der Waals surface area contributed by atoms with Gasteiger partial charge in [-0.3, -0.25) is 0 Å². The van der Waals surface area contributed by atoms with Gasteiger partial charge in [0, 0.05) is 24.5 Å². The van der Waals surface area contributed by atoms with Crippen LogP contribution in [0.3, 0.4) is 0 Å². The van der Waals surface area contributed by atoms with Crippen LogP contribution in [0, 0.1) is 5.92 Å². The predicted molar refractivity (Wildman–Crippen MR) is 70.8 cm³/mol. The van der Waals surface area contributed by atoms with Crippen LogP contribution in [0.1, 0.15) is 32.3 Å². The molecule has 1 aliphatic rings. The molecular weight excluding hydrogens is 196 g/mol. The largest absolute Gasteiger partial charge is 0.399 e. The summed E-state index contributed by atoms with van der Waals surface area (Å²) in [6.45, 7) is 6.93. The van der Waals surface area contributed by atoms with E-state index in [9.17, 15) is 0 Å². The first-order chi connectivity index (χ1) is 7.74. The quantitative estimate of drug-likeness (QED) is 0.787. The minimum atomic E-state index is 0.823. The summed E-state index contributed by atoms with van der Waals surface area (Å²) < 4.78 is 0. The van der Waals surface area contributed by atoms with E-state index in [2.05, 4.69) is 30.9 Å². The van der Waals surface area contributed by atoms with Crippen molar-refractivity contribution in [2.24, 2.45) is 5.92 Å². The molecule has 1 heterocycles. The van der Waals surface area contributed by atoms with Crippen molar-refractivity contribution < 1.29 is 0 Å². The molecule has 0 amide bonds. The third-order valence-corrected chi connectivity index (χ3v) is 3.73. The fraction of sp³-hybridized carbons (Fsp3) is 0.571. The maximum Gasteiger partial charge on any atom is 0.0401 e. The van der Waals surface area contributed by atoms with Crippen LogP contribution in [0.25, 0.3) is 0 Å². The molecule has 0 atom stereocenters. The van der Waals surface area contributed by atoms with Crippen LogP contribution in [-0.4, -0.2) is 13.1 Å². The average molecular weight is 218 g/mol. The van der Waals surface area contributed by atoms with Gasteiger partial charge in [-0.15, -0.1) is 0 Å². The fourth-order valence-corrected chi connectivity index (χ4v) is 2.54. The second kappa shape index (κ2) is 4.77. The Bertz CT molecular complexity index is 356. The van der Waals surface area contributed by atoms with Gasteiger partial charge < -0.3 is 10.6 Å². The van der Waals surface area contributed by atoms with Gasteiger partial charge in [0.15, 0.2) is 0 Å². The number of rotatable bonds is 4. The molecular formula is C14H22N2. The van der Waals surface area contributed by atoms with E-state index >= 15 is 0 Å². The number of fused-ring (bicyclic) bond motifs is 1. The highest BCUT2D eigenvalue weighted by Crippen LogP contribution is 2.30. The van der Waals surface area contributed by atoms with E-state index in [0.29, 0.717) is 0 Å². The van der Waals surface area contributed by atoms with E-state index in [-0.39, 0.29) is 0 Å². The first kappa shape index (κ1) is 11.3. The first-order valence-corrected chi connectivity index (χ1v) is 6.38. The Balaban J connectivity index is 2.11. The molecule has 0 bridgehead atoms. The van der Waals surface area contributed by atoms with Gasteiger partial charge >= 0.3 is 0 Å². The first-order valence-electron chi connectivity index (χ1n) is 6.38. The summed E-state index contributed by atoms with van der Waals surface area (Å²) in [5.41, 5.74) is 9.53. The monoisotopic (exact) mass is 218 g/mol. The van der Waals surface area contributed by atoms with Crippen molar-refractivity contribution in [2.45, 2.75) is 33.1 Å². The lowest BCUT2D eigenvalue weighted by molar-refractivity contribution is 0.488. The molecule has 0 radical (unpaired) electrons. The molecule has 0 fully saturated rings. The van der Waals surface area contributed by atoms with Crippen LogP contribution in [0.5, 0.6) is 0 Å². The second-order valence-corrected chi connectivity index (χ2v) is 4.77. The average Bonchev–Trinajstić information content (AvgIpc) is 2.68. The van der Waals surface area contributed by atoms with Crippen LogP contribution < -0.4 is 10.6 Å². The molecule has 2 nitrogen and oxygen atoms in total. The molecule has 0 saturated heterocycles. The number of anilines is 2. The topological polar surface area (TPSA) is 29.3 Å². The van der Waals surface area contributed by atoms with Gasteiger partial charge in [-0.05, 0) is 36.1 Å². The summed E-state index contributed by atoms with van der Waals surface area (Å²) in [6, 6.07) is 6.33. The van der Waals surface area contributed by atoms with Crippen molar-refractivity contribution in [1.82, 2.24) is 0 Å². The number of nitrogens with two attached hydrogens (primary N) is 1. The van der Waals surface area contributed by atoms with E-state index in [1.807, 2.05) is 6.07 Å². The van der Waals surface area contributed by atoms with Gasteiger partial charge in [-0.25, -0.2) is 0 Å². The van der Waals surface area contributed by atoms with Gasteiger partial charge in [0.25, 0.3) is 0 Å². The Morgan fingerprint density at radius 2 is 2.06 bits per heavy atom. The number of benzene rings is 1. The van der Waals surface area contributed by atoms with E-state index < -0.39 is 0 Å². The normalized spacial score (nSPS) is 14.6. The fourth-order valence-electron chi connectivity index (χ4n) is 2.54. The molecule has 0 spiro atoms. The van der Waals surface area contributed by atoms with Crippen LogP contribution in [0.4, 0.5) is 11.4 Å². The Kier molecular flexibility index (Phi) is 3.37. The molecule has 0 unspecified atom stereocenters. The van der Waals surface area contributed by atoms with Gasteiger partial charge in [-0.2, -0.15) is 0 Å². The minimum absolute atomic E-state index is 0.823. The summed E-state index contributed by atoms with van der Waals surface area (Å²) in [4.78, 5) is 2.52. The zero-order valence-corrected chi connectivity index (χ0v) is 10.4. The molecule has 2 rings (SSSR count). The molecule has 1 aliphatic heterocycles. The summed E-state index contributed by atoms with van der Waals surface area (Å²) in [6.07, 6.45) is 3.70. The van der Waals surface area contributed by atoms with E-state index in [0.717, 1.165) is 24.6 Å². The van der Waals surface area contributed by atoms with Crippen molar-refractivity contribution in [1.29, 1.82) is 0 Å². The molecule has 0 aromatic heterocycles. The summed E-state index contributed by atoms with van der Waals surface area (Å²) in [7, 11) is 0. The minimum Gasteiger partial charge on any atom is -0.399 e. The molecule has 16 heavy (non-hydrogen) atoms. The van der Waals surface area contributed by atoms with Crippen molar-refractivity contribution in [3.8, 4) is 0 Å². The Hall–Kier alpha value is -1.18. The highest BCUT2D eigenvalue weighted by atomic mass is 15.1. The highest BCUT2D eigenvalue weighted by molar-refractivity contribution is 5.62.